The maximum atomic E-state index is 5.62. The van der Waals surface area contributed by atoms with Crippen molar-refractivity contribution in [2.24, 2.45) is 10.7 Å². The Morgan fingerprint density at radius 3 is 2.07 bits per heavy atom. The summed E-state index contributed by atoms with van der Waals surface area (Å²) < 4.78 is 0. The molecule has 0 aliphatic carbocycles. The van der Waals surface area contributed by atoms with Crippen molar-refractivity contribution in [2.75, 3.05) is 0 Å². The molecule has 2 N–H and O–H groups in total. The van der Waals surface area contributed by atoms with Crippen LogP contribution >= 0.6 is 0 Å². The molecule has 0 aromatic heterocycles. The van der Waals surface area contributed by atoms with Gasteiger partial charge in [-0.1, -0.05) is 32.0 Å². The van der Waals surface area contributed by atoms with Crippen LogP contribution in [0, 0.1) is 0 Å². The number of para-hydroxylation sites is 1. The zero-order valence-corrected chi connectivity index (χ0v) is 9.17. The van der Waals surface area contributed by atoms with Crippen molar-refractivity contribution < 1.29 is 0 Å². The average molecular weight is 190 g/mol. The molecule has 2 nitrogen and oxygen atoms in total. The average Bonchev–Trinajstić information content (AvgIpc) is 2.17. The summed E-state index contributed by atoms with van der Waals surface area (Å²) in [6.07, 6.45) is 2.00. The highest BCUT2D eigenvalue weighted by Crippen LogP contribution is 2.25. The number of nitrogens with zero attached hydrogens (tertiary/aromatic N) is 1. The number of nitrogens with two attached hydrogens (primary N) is 1. The lowest BCUT2D eigenvalue weighted by atomic mass is 10.0. The van der Waals surface area contributed by atoms with E-state index in [1.807, 2.05) is 6.92 Å². The van der Waals surface area contributed by atoms with Crippen molar-refractivity contribution >= 4 is 11.5 Å². The van der Waals surface area contributed by atoms with Crippen LogP contribution in [-0.2, 0) is 12.8 Å². The largest absolute Gasteiger partial charge is 0.387 e. The Bertz CT molecular complexity index is 314. The van der Waals surface area contributed by atoms with Crippen molar-refractivity contribution in [3.8, 4) is 0 Å². The Balaban J connectivity index is 3.26. The minimum absolute atomic E-state index is 0.626. The molecule has 0 saturated carbocycles. The van der Waals surface area contributed by atoms with Gasteiger partial charge in [0.15, 0.2) is 0 Å². The van der Waals surface area contributed by atoms with Crippen LogP contribution in [0.3, 0.4) is 0 Å². The predicted octanol–water partition coefficient (Wildman–Crippen LogP) is 2.82. The Kier molecular flexibility index (Phi) is 3.69. The highest BCUT2D eigenvalue weighted by molar-refractivity contribution is 5.81. The van der Waals surface area contributed by atoms with Crippen LogP contribution in [0.2, 0.25) is 0 Å². The molecule has 0 radical (unpaired) electrons. The first kappa shape index (κ1) is 10.8. The number of hydrogen-bond acceptors (Lipinski definition) is 1. The third kappa shape index (κ3) is 2.34. The smallest absolute Gasteiger partial charge is 0.0965 e. The molecule has 0 atom stereocenters. The lowest BCUT2D eigenvalue weighted by molar-refractivity contribution is 1.08. The van der Waals surface area contributed by atoms with E-state index in [9.17, 15) is 0 Å². The molecule has 1 aromatic carbocycles. The molecule has 0 heterocycles. The molecule has 0 spiro atoms. The first-order valence-corrected chi connectivity index (χ1v) is 5.10. The van der Waals surface area contributed by atoms with E-state index in [0.717, 1.165) is 18.5 Å². The topological polar surface area (TPSA) is 38.4 Å². The summed E-state index contributed by atoms with van der Waals surface area (Å²) >= 11 is 0. The molecule has 0 amide bonds. The summed E-state index contributed by atoms with van der Waals surface area (Å²) in [5.74, 6) is 0.626. The third-order valence-corrected chi connectivity index (χ3v) is 2.25. The number of benzene rings is 1. The Morgan fingerprint density at radius 1 is 1.21 bits per heavy atom. The first-order chi connectivity index (χ1) is 6.69. The van der Waals surface area contributed by atoms with Crippen LogP contribution in [0.5, 0.6) is 0 Å². The highest BCUT2D eigenvalue weighted by atomic mass is 14.8. The number of amidine groups is 1. The predicted molar refractivity (Wildman–Crippen MR) is 62.2 cm³/mol. The number of aliphatic imine (C=N–C) groups is 1. The molecule has 0 bridgehead atoms. The summed E-state index contributed by atoms with van der Waals surface area (Å²) in [6.45, 7) is 6.10. The molecule has 0 aliphatic heterocycles. The molecular weight excluding hydrogens is 172 g/mol. The van der Waals surface area contributed by atoms with Gasteiger partial charge < -0.3 is 5.73 Å². The van der Waals surface area contributed by atoms with Gasteiger partial charge in [-0.15, -0.1) is 0 Å². The Labute approximate surface area is 85.9 Å². The maximum absolute atomic E-state index is 5.62. The van der Waals surface area contributed by atoms with Crippen molar-refractivity contribution in [3.05, 3.63) is 29.3 Å². The van der Waals surface area contributed by atoms with Gasteiger partial charge in [0, 0.05) is 0 Å². The molecule has 1 aromatic rings. The zero-order valence-electron chi connectivity index (χ0n) is 9.17. The van der Waals surface area contributed by atoms with Gasteiger partial charge in [-0.25, -0.2) is 4.99 Å². The van der Waals surface area contributed by atoms with Gasteiger partial charge in [0.1, 0.15) is 0 Å². The monoisotopic (exact) mass is 190 g/mol. The van der Waals surface area contributed by atoms with Gasteiger partial charge in [-0.3, -0.25) is 0 Å². The summed E-state index contributed by atoms with van der Waals surface area (Å²) in [5, 5.41) is 0. The first-order valence-electron chi connectivity index (χ1n) is 5.10. The van der Waals surface area contributed by atoms with Crippen LogP contribution in [0.4, 0.5) is 5.69 Å². The van der Waals surface area contributed by atoms with Crippen LogP contribution in [-0.4, -0.2) is 5.84 Å². The summed E-state index contributed by atoms with van der Waals surface area (Å²) in [6, 6.07) is 6.31. The fourth-order valence-electron chi connectivity index (χ4n) is 1.54. The van der Waals surface area contributed by atoms with E-state index in [-0.39, 0.29) is 0 Å². The van der Waals surface area contributed by atoms with E-state index >= 15 is 0 Å². The van der Waals surface area contributed by atoms with Crippen LogP contribution in [0.1, 0.15) is 31.9 Å². The second-order valence-corrected chi connectivity index (χ2v) is 3.39. The van der Waals surface area contributed by atoms with Crippen molar-refractivity contribution in [1.29, 1.82) is 0 Å². The van der Waals surface area contributed by atoms with Gasteiger partial charge in [-0.2, -0.15) is 0 Å². The molecule has 76 valence electrons. The molecule has 0 unspecified atom stereocenters. The fourth-order valence-corrected chi connectivity index (χ4v) is 1.54. The summed E-state index contributed by atoms with van der Waals surface area (Å²) in [5.41, 5.74) is 9.23. The quantitative estimate of drug-likeness (QED) is 0.577. The van der Waals surface area contributed by atoms with E-state index < -0.39 is 0 Å². The van der Waals surface area contributed by atoms with E-state index in [1.165, 1.54) is 11.1 Å². The second-order valence-electron chi connectivity index (χ2n) is 3.39. The highest BCUT2D eigenvalue weighted by Gasteiger charge is 2.04. The van der Waals surface area contributed by atoms with Gasteiger partial charge in [-0.05, 0) is 30.9 Å². The van der Waals surface area contributed by atoms with Crippen LogP contribution in [0.15, 0.2) is 23.2 Å². The SMILES string of the molecule is CCc1cccc(CC)c1N=C(C)N. The van der Waals surface area contributed by atoms with E-state index in [4.69, 9.17) is 5.73 Å². The van der Waals surface area contributed by atoms with E-state index in [2.05, 4.69) is 37.0 Å². The molecule has 1 rings (SSSR count). The molecule has 0 aliphatic rings. The van der Waals surface area contributed by atoms with E-state index in [1.54, 1.807) is 0 Å². The van der Waals surface area contributed by atoms with Gasteiger partial charge in [0.25, 0.3) is 0 Å². The number of hydrogen-bond donors (Lipinski definition) is 1. The standard InChI is InChI=1S/C12H18N2/c1-4-10-7-6-8-11(5-2)12(10)14-9(3)13/h6-8H,4-5H2,1-3H3,(H2,13,14). The molecule has 14 heavy (non-hydrogen) atoms. The lowest BCUT2D eigenvalue weighted by Crippen LogP contribution is -2.05. The molecule has 0 saturated heterocycles. The summed E-state index contributed by atoms with van der Waals surface area (Å²) in [7, 11) is 0. The number of aryl methyl sites for hydroxylation is 2. The molecule has 0 fully saturated rings. The molecule has 2 heteroatoms. The normalized spacial score (nSPS) is 11.8. The number of rotatable bonds is 3. The Morgan fingerprint density at radius 2 is 1.71 bits per heavy atom. The molecular formula is C12H18N2. The Hall–Kier alpha value is -1.31. The zero-order chi connectivity index (χ0) is 10.6. The maximum Gasteiger partial charge on any atom is 0.0965 e. The van der Waals surface area contributed by atoms with Gasteiger partial charge in [0.2, 0.25) is 0 Å². The summed E-state index contributed by atoms with van der Waals surface area (Å²) in [4.78, 5) is 4.40. The second kappa shape index (κ2) is 4.80. The van der Waals surface area contributed by atoms with E-state index in [0.29, 0.717) is 5.84 Å². The van der Waals surface area contributed by atoms with Crippen LogP contribution < -0.4 is 5.73 Å². The minimum Gasteiger partial charge on any atom is -0.387 e. The van der Waals surface area contributed by atoms with Gasteiger partial charge >= 0.3 is 0 Å². The fraction of sp³-hybridized carbons (Fsp3) is 0.417. The van der Waals surface area contributed by atoms with Crippen LogP contribution in [0.25, 0.3) is 0 Å². The lowest BCUT2D eigenvalue weighted by Gasteiger charge is -2.08. The minimum atomic E-state index is 0.626. The third-order valence-electron chi connectivity index (χ3n) is 2.25. The van der Waals surface area contributed by atoms with Gasteiger partial charge in [0.05, 0.1) is 11.5 Å². The van der Waals surface area contributed by atoms with Crippen molar-refractivity contribution in [2.45, 2.75) is 33.6 Å². The van der Waals surface area contributed by atoms with Crippen molar-refractivity contribution in [3.63, 3.8) is 0 Å². The van der Waals surface area contributed by atoms with Crippen molar-refractivity contribution in [1.82, 2.24) is 0 Å².